The Hall–Kier alpha value is -1.59. The molecule has 1 N–H and O–H groups in total. The van der Waals surface area contributed by atoms with E-state index in [0.29, 0.717) is 0 Å². The van der Waals surface area contributed by atoms with Crippen LogP contribution in [-0.2, 0) is 0 Å². The molecule has 0 fully saturated rings. The Bertz CT molecular complexity index is 469. The molecule has 5 nitrogen and oxygen atoms in total. The molecule has 0 spiro atoms. The van der Waals surface area contributed by atoms with Crippen LogP contribution in [0.3, 0.4) is 0 Å². The van der Waals surface area contributed by atoms with E-state index in [9.17, 15) is 14.4 Å². The first-order chi connectivity index (χ1) is 7.41. The van der Waals surface area contributed by atoms with E-state index in [-0.39, 0.29) is 16.9 Å². The molecule has 0 aliphatic carbocycles. The monoisotopic (exact) mass is 262 g/mol. The summed E-state index contributed by atoms with van der Waals surface area (Å²) in [5.74, 6) is -1.65. The van der Waals surface area contributed by atoms with Gasteiger partial charge in [0.05, 0.1) is 0 Å². The number of carbonyl (C=O) groups excluding carboxylic acids is 2. The van der Waals surface area contributed by atoms with E-state index >= 15 is 0 Å². The zero-order valence-electron chi connectivity index (χ0n) is 7.57. The maximum absolute atomic E-state index is 10.8. The number of hydrogen-bond acceptors (Lipinski definition) is 4. The molecule has 0 atom stereocenters. The number of halogens is 2. The highest BCUT2D eigenvalue weighted by Gasteiger charge is 2.16. The summed E-state index contributed by atoms with van der Waals surface area (Å²) in [6.45, 7) is 0. The van der Waals surface area contributed by atoms with Crippen molar-refractivity contribution < 1.29 is 24.2 Å². The molecule has 0 saturated heterocycles. The summed E-state index contributed by atoms with van der Waals surface area (Å²) in [5.41, 5.74) is -1.50. The lowest BCUT2D eigenvalue weighted by Crippen LogP contribution is -2.06. The van der Waals surface area contributed by atoms with Crippen molar-refractivity contribution in [3.63, 3.8) is 0 Å². The van der Waals surface area contributed by atoms with Gasteiger partial charge >= 0.3 is 11.4 Å². The van der Waals surface area contributed by atoms with Crippen molar-refractivity contribution in [2.24, 2.45) is 0 Å². The van der Waals surface area contributed by atoms with Crippen LogP contribution in [-0.4, -0.2) is 21.7 Å². The molecular weight excluding hydrogens is 259 g/mol. The van der Waals surface area contributed by atoms with Gasteiger partial charge in [-0.15, -0.1) is 0 Å². The quantitative estimate of drug-likeness (QED) is 0.847. The molecule has 0 aliphatic heterocycles. The topological polar surface area (TPSA) is 80.7 Å². The Morgan fingerprint density at radius 1 is 1.19 bits per heavy atom. The summed E-state index contributed by atoms with van der Waals surface area (Å²) in [6, 6.07) is 3.32. The van der Waals surface area contributed by atoms with Crippen LogP contribution < -0.4 is 4.74 Å². The molecule has 0 bridgehead atoms. The van der Waals surface area contributed by atoms with Gasteiger partial charge in [-0.05, 0) is 29.8 Å². The summed E-state index contributed by atoms with van der Waals surface area (Å²) >= 11 is 10.1. The number of hydrogen-bond donors (Lipinski definition) is 1. The standard InChI is InChI=1S/C9H4Cl2O5/c10-7(12)4-1-2-5(8(13)14)6(3-4)16-9(11)15/h1-3H,(H,13,14). The molecule has 0 heterocycles. The minimum atomic E-state index is -1.32. The van der Waals surface area contributed by atoms with Crippen LogP contribution in [0.15, 0.2) is 18.2 Å². The van der Waals surface area contributed by atoms with Gasteiger partial charge in [-0.3, -0.25) is 4.79 Å². The maximum atomic E-state index is 10.8. The number of ether oxygens (including phenoxy) is 1. The molecular formula is C9H4Cl2O5. The van der Waals surface area contributed by atoms with Crippen molar-refractivity contribution in [2.45, 2.75) is 0 Å². The molecule has 0 saturated carbocycles. The number of rotatable bonds is 3. The molecule has 7 heteroatoms. The average Bonchev–Trinajstić information content (AvgIpc) is 2.15. The first-order valence-electron chi connectivity index (χ1n) is 3.86. The average molecular weight is 263 g/mol. The predicted molar refractivity (Wildman–Crippen MR) is 55.5 cm³/mol. The summed E-state index contributed by atoms with van der Waals surface area (Å²) in [5, 5.41) is 7.95. The smallest absolute Gasteiger partial charge is 0.409 e. The zero-order valence-corrected chi connectivity index (χ0v) is 9.08. The van der Waals surface area contributed by atoms with Crippen LogP contribution in [0.2, 0.25) is 0 Å². The maximum Gasteiger partial charge on any atom is 0.409 e. The van der Waals surface area contributed by atoms with Crippen molar-refractivity contribution in [3.8, 4) is 5.75 Å². The normalized spacial score (nSPS) is 9.62. The van der Waals surface area contributed by atoms with E-state index in [1.807, 2.05) is 0 Å². The van der Waals surface area contributed by atoms with E-state index in [0.717, 1.165) is 12.1 Å². The number of benzene rings is 1. The van der Waals surface area contributed by atoms with Crippen LogP contribution in [0.5, 0.6) is 5.75 Å². The van der Waals surface area contributed by atoms with Gasteiger partial charge < -0.3 is 9.84 Å². The molecule has 0 radical (unpaired) electrons. The Labute approximate surface area is 99.5 Å². The number of carboxylic acid groups (broad SMARTS) is 1. The molecule has 0 unspecified atom stereocenters. The molecule has 0 aromatic heterocycles. The molecule has 84 valence electrons. The molecule has 1 rings (SSSR count). The minimum absolute atomic E-state index is 0.000386. The number of carbonyl (C=O) groups is 3. The SMILES string of the molecule is O=C(Cl)Oc1cc(C(=O)Cl)ccc1C(=O)O. The van der Waals surface area contributed by atoms with Gasteiger partial charge in [0, 0.05) is 17.2 Å². The number of carboxylic acids is 1. The van der Waals surface area contributed by atoms with E-state index < -0.39 is 16.6 Å². The second kappa shape index (κ2) is 4.96. The molecule has 0 amide bonds. The van der Waals surface area contributed by atoms with Gasteiger partial charge in [0.15, 0.2) is 0 Å². The Balaban J connectivity index is 3.26. The van der Waals surface area contributed by atoms with Gasteiger partial charge in [0.1, 0.15) is 11.3 Å². The third kappa shape index (κ3) is 2.95. The largest absolute Gasteiger partial charge is 0.478 e. The van der Waals surface area contributed by atoms with Crippen molar-refractivity contribution in [2.75, 3.05) is 0 Å². The molecule has 1 aromatic carbocycles. The van der Waals surface area contributed by atoms with Crippen molar-refractivity contribution in [1.82, 2.24) is 0 Å². The lowest BCUT2D eigenvalue weighted by atomic mass is 10.1. The van der Waals surface area contributed by atoms with Crippen molar-refractivity contribution in [3.05, 3.63) is 29.3 Å². The second-order valence-corrected chi connectivity index (χ2v) is 3.28. The van der Waals surface area contributed by atoms with Crippen LogP contribution in [0.1, 0.15) is 20.7 Å². The van der Waals surface area contributed by atoms with E-state index in [1.165, 1.54) is 6.07 Å². The third-order valence-electron chi connectivity index (χ3n) is 1.63. The zero-order chi connectivity index (χ0) is 12.3. The predicted octanol–water partition coefficient (Wildman–Crippen LogP) is 2.50. The van der Waals surface area contributed by atoms with Gasteiger partial charge in [-0.25, -0.2) is 9.59 Å². The fourth-order valence-corrected chi connectivity index (χ4v) is 1.19. The van der Waals surface area contributed by atoms with Gasteiger partial charge in [-0.2, -0.15) is 0 Å². The second-order valence-electron chi connectivity index (χ2n) is 2.63. The molecule has 0 aliphatic rings. The summed E-state index contributed by atoms with van der Waals surface area (Å²) in [7, 11) is 0. The molecule has 1 aromatic rings. The summed E-state index contributed by atoms with van der Waals surface area (Å²) < 4.78 is 4.43. The van der Waals surface area contributed by atoms with Crippen LogP contribution in [0.25, 0.3) is 0 Å². The minimum Gasteiger partial charge on any atom is -0.478 e. The van der Waals surface area contributed by atoms with Crippen LogP contribution >= 0.6 is 23.2 Å². The van der Waals surface area contributed by atoms with Crippen molar-refractivity contribution in [1.29, 1.82) is 0 Å². The highest BCUT2D eigenvalue weighted by Crippen LogP contribution is 2.22. The van der Waals surface area contributed by atoms with E-state index in [1.54, 1.807) is 0 Å². The Morgan fingerprint density at radius 2 is 1.81 bits per heavy atom. The van der Waals surface area contributed by atoms with Gasteiger partial charge in [-0.1, -0.05) is 0 Å². The van der Waals surface area contributed by atoms with Crippen LogP contribution in [0, 0.1) is 0 Å². The third-order valence-corrected chi connectivity index (χ3v) is 1.92. The summed E-state index contributed by atoms with van der Waals surface area (Å²) in [6.07, 6.45) is 0. The van der Waals surface area contributed by atoms with Crippen molar-refractivity contribution >= 4 is 39.8 Å². The van der Waals surface area contributed by atoms with Gasteiger partial charge in [0.25, 0.3) is 5.24 Å². The van der Waals surface area contributed by atoms with Crippen LogP contribution in [0.4, 0.5) is 4.79 Å². The lowest BCUT2D eigenvalue weighted by Gasteiger charge is -2.05. The molecule has 16 heavy (non-hydrogen) atoms. The Morgan fingerprint density at radius 3 is 2.25 bits per heavy atom. The highest BCUT2D eigenvalue weighted by molar-refractivity contribution is 6.67. The highest BCUT2D eigenvalue weighted by atomic mass is 35.5. The van der Waals surface area contributed by atoms with E-state index in [2.05, 4.69) is 4.74 Å². The van der Waals surface area contributed by atoms with E-state index in [4.69, 9.17) is 28.3 Å². The Kier molecular flexibility index (Phi) is 3.87. The van der Waals surface area contributed by atoms with Gasteiger partial charge in [0.2, 0.25) is 0 Å². The lowest BCUT2D eigenvalue weighted by molar-refractivity contribution is 0.0694. The first kappa shape index (κ1) is 12.5. The fraction of sp³-hybridized carbons (Fsp3) is 0. The summed E-state index contributed by atoms with van der Waals surface area (Å²) in [4.78, 5) is 32.0. The first-order valence-corrected chi connectivity index (χ1v) is 4.62. The number of aromatic carboxylic acids is 1. The fourth-order valence-electron chi connectivity index (χ4n) is 0.992.